The number of ether oxygens (including phenoxy) is 1. The summed E-state index contributed by atoms with van der Waals surface area (Å²) in [5.41, 5.74) is 0.0802. The summed E-state index contributed by atoms with van der Waals surface area (Å²) < 4.78 is 38.2. The van der Waals surface area contributed by atoms with E-state index in [2.05, 4.69) is 19.2 Å². The Bertz CT molecular complexity index is 1050. The van der Waals surface area contributed by atoms with Crippen LogP contribution in [0.2, 0.25) is 0 Å². The van der Waals surface area contributed by atoms with Crippen LogP contribution in [-0.2, 0) is 19.6 Å². The highest BCUT2D eigenvalue weighted by Gasteiger charge is 2.76. The van der Waals surface area contributed by atoms with Gasteiger partial charge in [0, 0.05) is 13.0 Å². The van der Waals surface area contributed by atoms with Gasteiger partial charge < -0.3 is 24.7 Å². The lowest BCUT2D eigenvalue weighted by molar-refractivity contribution is -0.878. The molecule has 0 aromatic rings. The summed E-state index contributed by atoms with van der Waals surface area (Å²) in [6.45, 7) is 5.87. The molecule has 11 atom stereocenters. The molecule has 1 saturated heterocycles. The number of quaternary nitrogens is 1. The lowest BCUT2D eigenvalue weighted by atomic mass is 9.46. The minimum atomic E-state index is -4.01. The standard InChI is InChI=1S/C30H52N2O7S/c1-19(7-10-27(35)31-13-5-6-14-32(3,4)18-40(36,37)38)22-8-9-23-28-24(17-26-30(22,23)39-26)29(2)12-11-21(33)15-20(29)16-25(28)34/h19-26,28,33-34H,5-18H2,1-4H3,(H-,31,35,36,37,38)/p+1. The minimum absolute atomic E-state index is 0.0590. The average Bonchev–Trinajstić information content (AvgIpc) is 3.45. The van der Waals surface area contributed by atoms with Crippen LogP contribution in [0.4, 0.5) is 0 Å². The lowest BCUT2D eigenvalue weighted by Crippen LogP contribution is -2.59. The largest absolute Gasteiger partial charge is 0.393 e. The Morgan fingerprint density at radius 3 is 2.58 bits per heavy atom. The van der Waals surface area contributed by atoms with E-state index in [9.17, 15) is 23.4 Å². The molecule has 0 aromatic carbocycles. The van der Waals surface area contributed by atoms with Crippen LogP contribution in [0.5, 0.6) is 0 Å². The Kier molecular flexibility index (Phi) is 8.47. The van der Waals surface area contributed by atoms with E-state index in [1.54, 1.807) is 14.1 Å². The fourth-order valence-corrected chi connectivity index (χ4v) is 11.1. The first-order valence-corrected chi connectivity index (χ1v) is 17.3. The quantitative estimate of drug-likeness (QED) is 0.127. The lowest BCUT2D eigenvalue weighted by Gasteiger charge is -2.59. The number of hydrogen-bond acceptors (Lipinski definition) is 6. The Hall–Kier alpha value is -0.780. The molecule has 1 amide bonds. The molecule has 1 spiro atoms. The van der Waals surface area contributed by atoms with Gasteiger partial charge in [-0.3, -0.25) is 9.35 Å². The molecule has 5 rings (SSSR count). The van der Waals surface area contributed by atoms with Crippen LogP contribution in [-0.4, -0.2) is 90.5 Å². The summed E-state index contributed by atoms with van der Waals surface area (Å²) >= 11 is 0. The van der Waals surface area contributed by atoms with Crippen molar-refractivity contribution in [2.75, 3.05) is 33.1 Å². The molecular formula is C30H53N2O7S+. The van der Waals surface area contributed by atoms with Crippen molar-refractivity contribution < 1.29 is 37.2 Å². The minimum Gasteiger partial charge on any atom is -0.393 e. The molecule has 0 aromatic heterocycles. The zero-order valence-corrected chi connectivity index (χ0v) is 25.7. The van der Waals surface area contributed by atoms with Gasteiger partial charge in [-0.05, 0) is 105 Å². The van der Waals surface area contributed by atoms with E-state index in [-0.39, 0.29) is 51.5 Å². The molecule has 5 fully saturated rings. The van der Waals surface area contributed by atoms with E-state index in [0.29, 0.717) is 49.1 Å². The number of hydrogen-bond donors (Lipinski definition) is 4. The van der Waals surface area contributed by atoms with E-state index in [1.807, 2.05) is 0 Å². The smallest absolute Gasteiger partial charge is 0.316 e. The van der Waals surface area contributed by atoms with Crippen LogP contribution < -0.4 is 5.32 Å². The molecule has 4 aliphatic carbocycles. The van der Waals surface area contributed by atoms with Crippen LogP contribution in [0.15, 0.2) is 0 Å². The number of nitrogens with zero attached hydrogens (tertiary/aromatic N) is 1. The SMILES string of the molecule is CC(CCC(=O)NCCCC[N+](C)(C)CS(=O)(=O)O)C1CCC2C3C(O)CC4CC(O)CCC4(C)C3CC3OC312. The number of epoxide rings is 1. The summed E-state index contributed by atoms with van der Waals surface area (Å²) in [4.78, 5) is 12.6. The van der Waals surface area contributed by atoms with Gasteiger partial charge in [-0.25, -0.2) is 0 Å². The van der Waals surface area contributed by atoms with Crippen molar-refractivity contribution in [3.05, 3.63) is 0 Å². The normalized spacial score (nSPS) is 43.2. The molecular weight excluding hydrogens is 532 g/mol. The molecule has 40 heavy (non-hydrogen) atoms. The molecule has 10 heteroatoms. The zero-order chi connectivity index (χ0) is 29.1. The first-order valence-electron chi connectivity index (χ1n) is 15.7. The second-order valence-corrected chi connectivity index (χ2v) is 16.5. The highest BCUT2D eigenvalue weighted by Crippen LogP contribution is 2.72. The fraction of sp³-hybridized carbons (Fsp3) is 0.967. The molecule has 0 bridgehead atoms. The maximum Gasteiger partial charge on any atom is 0.316 e. The summed E-state index contributed by atoms with van der Waals surface area (Å²) in [6, 6.07) is 0. The van der Waals surface area contributed by atoms with Gasteiger partial charge in [0.1, 0.15) is 5.60 Å². The van der Waals surface area contributed by atoms with E-state index >= 15 is 0 Å². The van der Waals surface area contributed by atoms with E-state index in [0.717, 1.165) is 64.2 Å². The molecule has 1 heterocycles. The number of rotatable bonds is 11. The topological polar surface area (TPSA) is 136 Å². The van der Waals surface area contributed by atoms with Crippen LogP contribution >= 0.6 is 0 Å². The molecule has 4 saturated carbocycles. The third-order valence-electron chi connectivity index (χ3n) is 12.0. The van der Waals surface area contributed by atoms with E-state index in [1.165, 1.54) is 0 Å². The molecule has 1 aliphatic heterocycles. The summed E-state index contributed by atoms with van der Waals surface area (Å²) in [5.74, 6) is 2.12. The fourth-order valence-electron chi connectivity index (χ4n) is 10.1. The predicted molar refractivity (Wildman–Crippen MR) is 152 cm³/mol. The third kappa shape index (κ3) is 5.87. The van der Waals surface area contributed by atoms with Crippen molar-refractivity contribution in [1.82, 2.24) is 5.32 Å². The molecule has 5 aliphatic rings. The predicted octanol–water partition coefficient (Wildman–Crippen LogP) is 2.95. The highest BCUT2D eigenvalue weighted by molar-refractivity contribution is 7.85. The van der Waals surface area contributed by atoms with E-state index in [4.69, 9.17) is 9.29 Å². The van der Waals surface area contributed by atoms with Gasteiger partial charge in [-0.2, -0.15) is 8.42 Å². The zero-order valence-electron chi connectivity index (χ0n) is 24.9. The number of fused-ring (bicyclic) bond motifs is 4. The van der Waals surface area contributed by atoms with Crippen molar-refractivity contribution in [2.24, 2.45) is 40.9 Å². The Labute approximate surface area is 240 Å². The second kappa shape index (κ2) is 11.1. The van der Waals surface area contributed by atoms with Crippen molar-refractivity contribution in [3.8, 4) is 0 Å². The molecule has 230 valence electrons. The Morgan fingerprint density at radius 1 is 1.10 bits per heavy atom. The van der Waals surface area contributed by atoms with Crippen molar-refractivity contribution >= 4 is 16.0 Å². The Balaban J connectivity index is 1.09. The van der Waals surface area contributed by atoms with Gasteiger partial charge in [0.05, 0.1) is 39.0 Å². The molecule has 11 unspecified atom stereocenters. The van der Waals surface area contributed by atoms with Crippen LogP contribution in [0.3, 0.4) is 0 Å². The molecule has 0 radical (unpaired) electrons. The molecule has 9 nitrogen and oxygen atoms in total. The first kappa shape index (κ1) is 30.7. The highest BCUT2D eigenvalue weighted by atomic mass is 32.2. The van der Waals surface area contributed by atoms with Gasteiger partial charge in [-0.15, -0.1) is 0 Å². The number of carbonyl (C=O) groups is 1. The van der Waals surface area contributed by atoms with Crippen LogP contribution in [0.25, 0.3) is 0 Å². The van der Waals surface area contributed by atoms with Crippen LogP contribution in [0, 0.1) is 40.9 Å². The molecule has 4 N–H and O–H groups in total. The number of aliphatic hydroxyl groups is 2. The average molecular weight is 586 g/mol. The van der Waals surface area contributed by atoms with Crippen LogP contribution in [0.1, 0.15) is 84.5 Å². The van der Waals surface area contributed by atoms with Gasteiger partial charge >= 0.3 is 10.1 Å². The number of amides is 1. The summed E-state index contributed by atoms with van der Waals surface area (Å²) in [7, 11) is -0.470. The van der Waals surface area contributed by atoms with Crippen molar-refractivity contribution in [2.45, 2.75) is 108 Å². The van der Waals surface area contributed by atoms with Crippen molar-refractivity contribution in [1.29, 1.82) is 0 Å². The number of aliphatic hydroxyl groups excluding tert-OH is 2. The number of unbranched alkanes of at least 4 members (excludes halogenated alkanes) is 1. The summed E-state index contributed by atoms with van der Waals surface area (Å²) in [5, 5.41) is 24.7. The first-order chi connectivity index (χ1) is 18.7. The second-order valence-electron chi connectivity index (χ2n) is 15.0. The third-order valence-corrected chi connectivity index (χ3v) is 13.0. The number of carbonyl (C=O) groups excluding carboxylic acids is 1. The van der Waals surface area contributed by atoms with E-state index < -0.39 is 10.1 Å². The maximum absolute atomic E-state index is 12.6. The summed E-state index contributed by atoms with van der Waals surface area (Å²) in [6.07, 6.45) is 9.40. The van der Waals surface area contributed by atoms with Gasteiger partial charge in [0.25, 0.3) is 0 Å². The van der Waals surface area contributed by atoms with Crippen molar-refractivity contribution in [3.63, 3.8) is 0 Å². The monoisotopic (exact) mass is 585 g/mol. The van der Waals surface area contributed by atoms with Gasteiger partial charge in [-0.1, -0.05) is 13.8 Å². The maximum atomic E-state index is 12.6. The number of nitrogens with one attached hydrogen (secondary N) is 1. The van der Waals surface area contributed by atoms with Gasteiger partial charge in [0.15, 0.2) is 0 Å². The van der Waals surface area contributed by atoms with Gasteiger partial charge in [0.2, 0.25) is 11.8 Å². The Morgan fingerprint density at radius 2 is 1.85 bits per heavy atom.